The SMILES string of the molecule is Nc1nnnn1CC(=O)NC(c1cccs1)C1CC(O)C1. The Morgan fingerprint density at radius 1 is 1.62 bits per heavy atom. The van der Waals surface area contributed by atoms with Gasteiger partial charge in [-0.15, -0.1) is 11.3 Å². The van der Waals surface area contributed by atoms with Gasteiger partial charge in [-0.1, -0.05) is 11.2 Å². The van der Waals surface area contributed by atoms with Crippen molar-refractivity contribution in [2.24, 2.45) is 5.92 Å². The van der Waals surface area contributed by atoms with Crippen LogP contribution < -0.4 is 11.1 Å². The predicted molar refractivity (Wildman–Crippen MR) is 76.2 cm³/mol. The second kappa shape index (κ2) is 5.78. The van der Waals surface area contributed by atoms with E-state index in [1.54, 1.807) is 11.3 Å². The van der Waals surface area contributed by atoms with E-state index in [9.17, 15) is 9.90 Å². The van der Waals surface area contributed by atoms with Crippen molar-refractivity contribution in [3.63, 3.8) is 0 Å². The van der Waals surface area contributed by atoms with E-state index in [0.29, 0.717) is 12.8 Å². The molecule has 1 saturated carbocycles. The number of thiophene rings is 1. The van der Waals surface area contributed by atoms with Gasteiger partial charge in [0.2, 0.25) is 11.9 Å². The molecule has 9 heteroatoms. The third-order valence-electron chi connectivity index (χ3n) is 3.64. The van der Waals surface area contributed by atoms with Crippen molar-refractivity contribution in [2.45, 2.75) is 31.5 Å². The van der Waals surface area contributed by atoms with E-state index < -0.39 is 0 Å². The van der Waals surface area contributed by atoms with E-state index >= 15 is 0 Å². The van der Waals surface area contributed by atoms with Crippen LogP contribution in [0.15, 0.2) is 17.5 Å². The monoisotopic (exact) mass is 308 g/mol. The lowest BCUT2D eigenvalue weighted by atomic mass is 9.77. The van der Waals surface area contributed by atoms with E-state index in [4.69, 9.17) is 5.73 Å². The standard InChI is InChI=1S/C12H16N6O2S/c13-12-15-16-17-18(12)6-10(20)14-11(7-4-8(19)5-7)9-2-1-3-21-9/h1-3,7-8,11,19H,4-6H2,(H,14,20)(H2,13,15,17). The number of nitrogen functional groups attached to an aromatic ring is 1. The maximum Gasteiger partial charge on any atom is 0.242 e. The summed E-state index contributed by atoms with van der Waals surface area (Å²) < 4.78 is 1.25. The van der Waals surface area contributed by atoms with Crippen LogP contribution in [0.5, 0.6) is 0 Å². The van der Waals surface area contributed by atoms with Gasteiger partial charge in [0, 0.05) is 4.88 Å². The summed E-state index contributed by atoms with van der Waals surface area (Å²) in [6.07, 6.45) is 1.15. The maximum absolute atomic E-state index is 12.2. The lowest BCUT2D eigenvalue weighted by Crippen LogP contribution is -2.42. The van der Waals surface area contributed by atoms with Crippen LogP contribution in [0.2, 0.25) is 0 Å². The number of aliphatic hydroxyl groups excluding tert-OH is 1. The Kier molecular flexibility index (Phi) is 3.84. The van der Waals surface area contributed by atoms with Crippen LogP contribution in [0.1, 0.15) is 23.8 Å². The van der Waals surface area contributed by atoms with Gasteiger partial charge >= 0.3 is 0 Å². The van der Waals surface area contributed by atoms with Gasteiger partial charge < -0.3 is 16.2 Å². The number of nitrogens with two attached hydrogens (primary N) is 1. The molecule has 0 aromatic carbocycles. The number of anilines is 1. The third kappa shape index (κ3) is 3.03. The number of amides is 1. The molecule has 2 heterocycles. The summed E-state index contributed by atoms with van der Waals surface area (Å²) in [6.45, 7) is -0.0179. The van der Waals surface area contributed by atoms with Gasteiger partial charge in [0.25, 0.3) is 0 Å². The normalized spacial score (nSPS) is 22.5. The van der Waals surface area contributed by atoms with E-state index in [0.717, 1.165) is 4.88 Å². The minimum Gasteiger partial charge on any atom is -0.393 e. The highest BCUT2D eigenvalue weighted by Crippen LogP contribution is 2.39. The molecule has 1 aliphatic rings. The first-order chi connectivity index (χ1) is 10.1. The first-order valence-electron chi connectivity index (χ1n) is 6.66. The molecule has 1 fully saturated rings. The molecule has 0 aliphatic heterocycles. The number of hydrogen-bond acceptors (Lipinski definition) is 7. The Balaban J connectivity index is 1.67. The Labute approximate surface area is 125 Å². The van der Waals surface area contributed by atoms with Gasteiger partial charge in [0.05, 0.1) is 12.1 Å². The molecule has 2 aromatic heterocycles. The Hall–Kier alpha value is -2.00. The second-order valence-electron chi connectivity index (χ2n) is 5.14. The minimum absolute atomic E-state index is 0.0179. The molecule has 3 rings (SSSR count). The van der Waals surface area contributed by atoms with Crippen molar-refractivity contribution in [1.29, 1.82) is 0 Å². The molecule has 1 unspecified atom stereocenters. The Morgan fingerprint density at radius 3 is 3.00 bits per heavy atom. The number of rotatable bonds is 5. The molecule has 0 saturated heterocycles. The van der Waals surface area contributed by atoms with Gasteiger partial charge in [-0.05, 0) is 40.6 Å². The van der Waals surface area contributed by atoms with E-state index in [1.807, 2.05) is 17.5 Å². The number of aliphatic hydroxyl groups is 1. The summed E-state index contributed by atoms with van der Waals surface area (Å²) in [5, 5.41) is 25.0. The zero-order valence-corrected chi connectivity index (χ0v) is 12.0. The zero-order chi connectivity index (χ0) is 14.8. The molecule has 8 nitrogen and oxygen atoms in total. The molecular formula is C12H16N6O2S. The van der Waals surface area contributed by atoms with Crippen molar-refractivity contribution in [3.8, 4) is 0 Å². The van der Waals surface area contributed by atoms with Crippen LogP contribution >= 0.6 is 11.3 Å². The molecule has 1 atom stereocenters. The molecule has 21 heavy (non-hydrogen) atoms. The highest BCUT2D eigenvalue weighted by Gasteiger charge is 2.36. The maximum atomic E-state index is 12.2. The van der Waals surface area contributed by atoms with Gasteiger partial charge in [-0.3, -0.25) is 4.79 Å². The largest absolute Gasteiger partial charge is 0.393 e. The highest BCUT2D eigenvalue weighted by atomic mass is 32.1. The van der Waals surface area contributed by atoms with Gasteiger partial charge in [0.15, 0.2) is 0 Å². The third-order valence-corrected chi connectivity index (χ3v) is 4.60. The summed E-state index contributed by atoms with van der Waals surface area (Å²) >= 11 is 1.59. The number of carbonyl (C=O) groups excluding carboxylic acids is 1. The zero-order valence-electron chi connectivity index (χ0n) is 11.2. The Morgan fingerprint density at radius 2 is 2.43 bits per heavy atom. The molecule has 1 aliphatic carbocycles. The van der Waals surface area contributed by atoms with E-state index in [-0.39, 0.29) is 36.5 Å². The summed E-state index contributed by atoms with van der Waals surface area (Å²) in [4.78, 5) is 13.2. The summed E-state index contributed by atoms with van der Waals surface area (Å²) in [5.74, 6) is 0.166. The molecule has 112 valence electrons. The second-order valence-corrected chi connectivity index (χ2v) is 6.12. The average molecular weight is 308 g/mol. The van der Waals surface area contributed by atoms with Gasteiger partial charge in [0.1, 0.15) is 6.54 Å². The van der Waals surface area contributed by atoms with Crippen LogP contribution in [-0.2, 0) is 11.3 Å². The van der Waals surface area contributed by atoms with E-state index in [1.165, 1.54) is 4.68 Å². The first kappa shape index (κ1) is 14.0. The number of hydrogen-bond donors (Lipinski definition) is 3. The Bertz CT molecular complexity index is 607. The molecular weight excluding hydrogens is 292 g/mol. The summed E-state index contributed by atoms with van der Waals surface area (Å²) in [5.41, 5.74) is 5.55. The van der Waals surface area contributed by atoms with Crippen LogP contribution in [-0.4, -0.2) is 37.3 Å². The highest BCUT2D eigenvalue weighted by molar-refractivity contribution is 7.10. The predicted octanol–water partition coefficient (Wildman–Crippen LogP) is -0.0548. The lowest BCUT2D eigenvalue weighted by molar-refractivity contribution is -0.123. The van der Waals surface area contributed by atoms with Crippen LogP contribution in [0.25, 0.3) is 0 Å². The minimum atomic E-state index is -0.260. The van der Waals surface area contributed by atoms with Crippen molar-refractivity contribution in [1.82, 2.24) is 25.5 Å². The topological polar surface area (TPSA) is 119 Å². The number of nitrogens with zero attached hydrogens (tertiary/aromatic N) is 4. The van der Waals surface area contributed by atoms with Gasteiger partial charge in [-0.25, -0.2) is 4.68 Å². The quantitative estimate of drug-likeness (QED) is 0.712. The van der Waals surface area contributed by atoms with Crippen LogP contribution in [0, 0.1) is 5.92 Å². The fourth-order valence-electron chi connectivity index (χ4n) is 2.47. The van der Waals surface area contributed by atoms with Crippen molar-refractivity contribution >= 4 is 23.2 Å². The summed E-state index contributed by atoms with van der Waals surface area (Å²) in [6, 6.07) is 3.86. The number of tetrazole rings is 1. The first-order valence-corrected chi connectivity index (χ1v) is 7.54. The molecule has 1 amide bonds. The van der Waals surface area contributed by atoms with Crippen LogP contribution in [0.4, 0.5) is 5.95 Å². The smallest absolute Gasteiger partial charge is 0.242 e. The van der Waals surface area contributed by atoms with Crippen molar-refractivity contribution < 1.29 is 9.90 Å². The fraction of sp³-hybridized carbons (Fsp3) is 0.500. The number of carbonyl (C=O) groups is 1. The van der Waals surface area contributed by atoms with Gasteiger partial charge in [-0.2, -0.15) is 0 Å². The van der Waals surface area contributed by atoms with Crippen molar-refractivity contribution in [2.75, 3.05) is 5.73 Å². The number of nitrogens with one attached hydrogen (secondary N) is 1. The molecule has 4 N–H and O–H groups in total. The van der Waals surface area contributed by atoms with Crippen LogP contribution in [0.3, 0.4) is 0 Å². The van der Waals surface area contributed by atoms with E-state index in [2.05, 4.69) is 20.8 Å². The lowest BCUT2D eigenvalue weighted by Gasteiger charge is -2.37. The summed E-state index contributed by atoms with van der Waals surface area (Å²) in [7, 11) is 0. The molecule has 0 bridgehead atoms. The number of aromatic nitrogens is 4. The molecule has 0 radical (unpaired) electrons. The fourth-order valence-corrected chi connectivity index (χ4v) is 3.34. The van der Waals surface area contributed by atoms with Crippen molar-refractivity contribution in [3.05, 3.63) is 22.4 Å². The molecule has 2 aromatic rings. The average Bonchev–Trinajstić information content (AvgIpc) is 3.05. The molecule has 0 spiro atoms.